The van der Waals surface area contributed by atoms with Gasteiger partial charge in [-0.1, -0.05) is 12.1 Å². The molecule has 8 nitrogen and oxygen atoms in total. The van der Waals surface area contributed by atoms with Crippen molar-refractivity contribution in [2.24, 2.45) is 5.73 Å². The molecule has 3 aromatic rings. The molecule has 0 saturated heterocycles. The van der Waals surface area contributed by atoms with Crippen molar-refractivity contribution in [1.29, 1.82) is 0 Å². The van der Waals surface area contributed by atoms with Crippen LogP contribution < -0.4 is 11.1 Å². The molecular weight excluding hydrogens is 394 g/mol. The van der Waals surface area contributed by atoms with Gasteiger partial charge in [0.25, 0.3) is 17.5 Å². The summed E-state index contributed by atoms with van der Waals surface area (Å²) in [5.41, 5.74) is 7.00. The van der Waals surface area contributed by atoms with E-state index in [1.165, 1.54) is 29.5 Å². The number of benzene rings is 1. The second-order valence-electron chi connectivity index (χ2n) is 6.67. The predicted octanol–water partition coefficient (Wildman–Crippen LogP) is 4.15. The lowest BCUT2D eigenvalue weighted by atomic mass is 9.95. The van der Waals surface area contributed by atoms with E-state index >= 15 is 0 Å². The van der Waals surface area contributed by atoms with Gasteiger partial charge in [0.1, 0.15) is 10.8 Å². The van der Waals surface area contributed by atoms with Gasteiger partial charge < -0.3 is 15.5 Å². The summed E-state index contributed by atoms with van der Waals surface area (Å²) in [5.74, 6) is -0.918. The summed E-state index contributed by atoms with van der Waals surface area (Å²) < 4.78 is 5.57. The molecule has 0 unspecified atom stereocenters. The fourth-order valence-electron chi connectivity index (χ4n) is 3.53. The first-order valence-corrected chi connectivity index (χ1v) is 9.86. The standard InChI is InChI=1S/C20H17N3O5S/c21-18(24)17-12-6-2-4-8-16(12)29-20(17)22-19(25)15-10-9-14(28-15)11-5-1-3-7-13(11)23(26)27/h1,3,5,7,9-10H,2,4,6,8H2,(H2,21,24)(H,22,25). The van der Waals surface area contributed by atoms with E-state index in [-0.39, 0.29) is 22.8 Å². The molecular formula is C20H17N3O5S. The van der Waals surface area contributed by atoms with Crippen LogP contribution in [0.2, 0.25) is 0 Å². The second kappa shape index (κ2) is 7.51. The molecule has 2 aromatic heterocycles. The minimum atomic E-state index is -0.570. The number of para-hydroxylation sites is 1. The summed E-state index contributed by atoms with van der Waals surface area (Å²) in [6, 6.07) is 9.08. The van der Waals surface area contributed by atoms with Gasteiger partial charge in [-0.15, -0.1) is 11.3 Å². The molecule has 1 aromatic carbocycles. The van der Waals surface area contributed by atoms with Gasteiger partial charge in [-0.3, -0.25) is 19.7 Å². The van der Waals surface area contributed by atoms with Gasteiger partial charge in [0, 0.05) is 10.9 Å². The quantitative estimate of drug-likeness (QED) is 0.481. The number of nitro benzene ring substituents is 1. The Morgan fingerprint density at radius 2 is 1.90 bits per heavy atom. The van der Waals surface area contributed by atoms with Gasteiger partial charge >= 0.3 is 0 Å². The van der Waals surface area contributed by atoms with E-state index in [2.05, 4.69) is 5.32 Å². The predicted molar refractivity (Wildman–Crippen MR) is 108 cm³/mol. The summed E-state index contributed by atoms with van der Waals surface area (Å²) >= 11 is 1.36. The maximum absolute atomic E-state index is 12.7. The number of hydrogen-bond donors (Lipinski definition) is 2. The fraction of sp³-hybridized carbons (Fsp3) is 0.200. The highest BCUT2D eigenvalue weighted by Gasteiger charge is 2.26. The van der Waals surface area contributed by atoms with E-state index < -0.39 is 16.7 Å². The number of thiophene rings is 1. The number of nitrogens with one attached hydrogen (secondary N) is 1. The van der Waals surface area contributed by atoms with Crippen molar-refractivity contribution in [1.82, 2.24) is 0 Å². The van der Waals surface area contributed by atoms with E-state index in [0.717, 1.165) is 36.1 Å². The Labute approximate surface area is 169 Å². The van der Waals surface area contributed by atoms with Crippen LogP contribution in [0.15, 0.2) is 40.8 Å². The largest absolute Gasteiger partial charge is 0.451 e. The maximum atomic E-state index is 12.7. The third kappa shape index (κ3) is 3.52. The molecule has 3 N–H and O–H groups in total. The van der Waals surface area contributed by atoms with Gasteiger partial charge in [-0.05, 0) is 49.4 Å². The van der Waals surface area contributed by atoms with Crippen LogP contribution in [0.5, 0.6) is 0 Å². The van der Waals surface area contributed by atoms with Crippen molar-refractivity contribution in [2.45, 2.75) is 25.7 Å². The number of carbonyl (C=O) groups excluding carboxylic acids is 2. The SMILES string of the molecule is NC(=O)c1c(NC(=O)c2ccc(-c3ccccc3[N+](=O)[O-])o2)sc2c1CCCC2. The molecule has 2 amide bonds. The minimum Gasteiger partial charge on any atom is -0.451 e. The highest BCUT2D eigenvalue weighted by molar-refractivity contribution is 7.17. The normalized spacial score (nSPS) is 13.0. The molecule has 0 bridgehead atoms. The molecule has 9 heteroatoms. The van der Waals surface area contributed by atoms with Crippen LogP contribution in [-0.4, -0.2) is 16.7 Å². The summed E-state index contributed by atoms with van der Waals surface area (Å²) in [5, 5.41) is 14.4. The molecule has 0 aliphatic heterocycles. The molecule has 0 spiro atoms. The maximum Gasteiger partial charge on any atom is 0.292 e. The van der Waals surface area contributed by atoms with Crippen molar-refractivity contribution in [2.75, 3.05) is 5.32 Å². The van der Waals surface area contributed by atoms with E-state index in [0.29, 0.717) is 10.6 Å². The lowest BCUT2D eigenvalue weighted by Gasteiger charge is -2.11. The molecule has 0 atom stereocenters. The summed E-state index contributed by atoms with van der Waals surface area (Å²) in [6.45, 7) is 0. The Morgan fingerprint density at radius 3 is 2.66 bits per heavy atom. The average Bonchev–Trinajstić information content (AvgIpc) is 3.32. The fourth-order valence-corrected chi connectivity index (χ4v) is 4.81. The number of furan rings is 1. The Morgan fingerprint density at radius 1 is 1.14 bits per heavy atom. The smallest absolute Gasteiger partial charge is 0.292 e. The molecule has 148 valence electrons. The number of nitrogens with two attached hydrogens (primary N) is 1. The van der Waals surface area contributed by atoms with E-state index in [9.17, 15) is 19.7 Å². The monoisotopic (exact) mass is 411 g/mol. The van der Waals surface area contributed by atoms with Crippen molar-refractivity contribution in [3.63, 3.8) is 0 Å². The van der Waals surface area contributed by atoms with Crippen LogP contribution in [0.1, 0.15) is 44.2 Å². The number of anilines is 1. The average molecular weight is 411 g/mol. The van der Waals surface area contributed by atoms with E-state index in [1.807, 2.05) is 0 Å². The zero-order valence-electron chi connectivity index (χ0n) is 15.3. The summed E-state index contributed by atoms with van der Waals surface area (Å²) in [7, 11) is 0. The van der Waals surface area contributed by atoms with Gasteiger partial charge in [0.05, 0.1) is 16.1 Å². The van der Waals surface area contributed by atoms with Crippen molar-refractivity contribution in [3.8, 4) is 11.3 Å². The first-order valence-electron chi connectivity index (χ1n) is 9.05. The Kier molecular flexibility index (Phi) is 4.89. The molecule has 29 heavy (non-hydrogen) atoms. The molecule has 0 radical (unpaired) electrons. The molecule has 0 saturated carbocycles. The number of aryl methyl sites for hydroxylation is 1. The first-order chi connectivity index (χ1) is 14.0. The molecule has 1 aliphatic rings. The molecule has 0 fully saturated rings. The van der Waals surface area contributed by atoms with Crippen LogP contribution in [-0.2, 0) is 12.8 Å². The number of nitro groups is 1. The Balaban J connectivity index is 1.62. The molecule has 1 aliphatic carbocycles. The number of rotatable bonds is 5. The van der Waals surface area contributed by atoms with Gasteiger partial charge in [-0.2, -0.15) is 0 Å². The van der Waals surface area contributed by atoms with Gasteiger partial charge in [-0.25, -0.2) is 0 Å². The van der Waals surface area contributed by atoms with Crippen LogP contribution in [0.3, 0.4) is 0 Å². The second-order valence-corrected chi connectivity index (χ2v) is 7.78. The number of hydrogen-bond acceptors (Lipinski definition) is 6. The van der Waals surface area contributed by atoms with Crippen LogP contribution >= 0.6 is 11.3 Å². The zero-order chi connectivity index (χ0) is 20.5. The van der Waals surface area contributed by atoms with Crippen LogP contribution in [0, 0.1) is 10.1 Å². The van der Waals surface area contributed by atoms with Gasteiger partial charge in [0.2, 0.25) is 0 Å². The van der Waals surface area contributed by atoms with Crippen LogP contribution in [0.4, 0.5) is 10.7 Å². The summed E-state index contributed by atoms with van der Waals surface area (Å²) in [6.07, 6.45) is 3.65. The topological polar surface area (TPSA) is 128 Å². The lowest BCUT2D eigenvalue weighted by molar-refractivity contribution is -0.384. The zero-order valence-corrected chi connectivity index (χ0v) is 16.1. The van der Waals surface area contributed by atoms with Crippen molar-refractivity contribution < 1.29 is 18.9 Å². The van der Waals surface area contributed by atoms with Gasteiger partial charge in [0.15, 0.2) is 5.76 Å². The molecule has 4 rings (SSSR count). The summed E-state index contributed by atoms with van der Waals surface area (Å²) in [4.78, 5) is 36.4. The highest BCUT2D eigenvalue weighted by atomic mass is 32.1. The highest BCUT2D eigenvalue weighted by Crippen LogP contribution is 2.38. The number of primary amides is 1. The van der Waals surface area contributed by atoms with Crippen molar-refractivity contribution >= 4 is 33.8 Å². The first kappa shape index (κ1) is 18.9. The number of fused-ring (bicyclic) bond motifs is 1. The number of amides is 2. The third-order valence-corrected chi connectivity index (χ3v) is 6.05. The minimum absolute atomic E-state index is 0.0139. The Hall–Kier alpha value is -3.46. The van der Waals surface area contributed by atoms with E-state index in [4.69, 9.17) is 10.2 Å². The Bertz CT molecular complexity index is 1130. The lowest BCUT2D eigenvalue weighted by Crippen LogP contribution is -2.18. The third-order valence-electron chi connectivity index (χ3n) is 4.84. The van der Waals surface area contributed by atoms with Crippen molar-refractivity contribution in [3.05, 3.63) is 68.3 Å². The number of nitrogens with zero attached hydrogens (tertiary/aromatic N) is 1. The number of carbonyl (C=O) groups is 2. The van der Waals surface area contributed by atoms with E-state index in [1.54, 1.807) is 18.2 Å². The van der Waals surface area contributed by atoms with Crippen LogP contribution in [0.25, 0.3) is 11.3 Å². The molecule has 2 heterocycles.